The maximum Gasteiger partial charge on any atom is 0.252 e. The fraction of sp³-hybridized carbons (Fsp3) is 0.190. The molecule has 1 aliphatic rings. The summed E-state index contributed by atoms with van der Waals surface area (Å²) < 4.78 is 6.93. The molecular weight excluding hydrogens is 354 g/mol. The van der Waals surface area contributed by atoms with Crippen molar-refractivity contribution in [3.05, 3.63) is 71.8 Å². The summed E-state index contributed by atoms with van der Waals surface area (Å²) in [5.74, 6) is 2.00. The highest BCUT2D eigenvalue weighted by Gasteiger charge is 2.29. The second-order valence-electron chi connectivity index (χ2n) is 6.81. The van der Waals surface area contributed by atoms with E-state index in [9.17, 15) is 4.79 Å². The van der Waals surface area contributed by atoms with Crippen LogP contribution in [-0.2, 0) is 6.42 Å². The Morgan fingerprint density at radius 3 is 2.71 bits per heavy atom. The molecule has 5 rings (SSSR count). The van der Waals surface area contributed by atoms with E-state index in [1.54, 1.807) is 30.2 Å². The van der Waals surface area contributed by atoms with E-state index in [1.807, 2.05) is 36.4 Å². The lowest BCUT2D eigenvalue weighted by molar-refractivity contribution is 0.0962. The standard InChI is InChI=1S/C21H17N5O2/c1-28-16-6-4-13(5-7-16)15-9-18-17(19(27)10-15)12-23-21-24-20(25-26(18)21)14-3-2-8-22-11-14/h2-8,11-12,15H,9-10H2,1H3. The smallest absolute Gasteiger partial charge is 0.252 e. The van der Waals surface area contributed by atoms with Crippen LogP contribution in [0.15, 0.2) is 55.0 Å². The van der Waals surface area contributed by atoms with Crippen LogP contribution in [0.25, 0.3) is 17.2 Å². The lowest BCUT2D eigenvalue weighted by Gasteiger charge is -2.24. The summed E-state index contributed by atoms with van der Waals surface area (Å²) >= 11 is 0. The number of pyridine rings is 1. The number of carbonyl (C=O) groups excluding carboxylic acids is 1. The monoisotopic (exact) mass is 371 g/mol. The number of carbonyl (C=O) groups is 1. The minimum absolute atomic E-state index is 0.0786. The Hall–Kier alpha value is -3.61. The third kappa shape index (κ3) is 2.72. The number of fused-ring (bicyclic) bond motifs is 3. The summed E-state index contributed by atoms with van der Waals surface area (Å²) in [6.07, 6.45) is 6.20. The maximum atomic E-state index is 12.8. The zero-order chi connectivity index (χ0) is 19.1. The van der Waals surface area contributed by atoms with Crippen LogP contribution >= 0.6 is 0 Å². The second-order valence-corrected chi connectivity index (χ2v) is 6.81. The second kappa shape index (κ2) is 6.53. The van der Waals surface area contributed by atoms with E-state index in [0.29, 0.717) is 30.0 Å². The molecule has 3 aromatic heterocycles. The van der Waals surface area contributed by atoms with Gasteiger partial charge in [0.1, 0.15) is 5.75 Å². The Morgan fingerprint density at radius 2 is 1.96 bits per heavy atom. The summed E-state index contributed by atoms with van der Waals surface area (Å²) in [6, 6.07) is 11.6. The van der Waals surface area contributed by atoms with Crippen LogP contribution in [0.4, 0.5) is 0 Å². The first-order valence-electron chi connectivity index (χ1n) is 9.05. The molecule has 0 radical (unpaired) electrons. The van der Waals surface area contributed by atoms with E-state index < -0.39 is 0 Å². The Kier molecular flexibility index (Phi) is 3.86. The Bertz CT molecular complexity index is 1170. The molecule has 1 aromatic carbocycles. The largest absolute Gasteiger partial charge is 0.497 e. The zero-order valence-electron chi connectivity index (χ0n) is 15.2. The summed E-state index contributed by atoms with van der Waals surface area (Å²) in [4.78, 5) is 25.8. The molecule has 7 heteroatoms. The van der Waals surface area contributed by atoms with Gasteiger partial charge in [-0.15, -0.1) is 5.10 Å². The van der Waals surface area contributed by atoms with Crippen molar-refractivity contribution < 1.29 is 9.53 Å². The summed E-state index contributed by atoms with van der Waals surface area (Å²) in [6.45, 7) is 0. The minimum Gasteiger partial charge on any atom is -0.497 e. The van der Waals surface area contributed by atoms with Gasteiger partial charge in [0.15, 0.2) is 11.6 Å². The maximum absolute atomic E-state index is 12.8. The third-order valence-electron chi connectivity index (χ3n) is 5.14. The molecular formula is C21H17N5O2. The molecule has 0 fully saturated rings. The molecule has 0 spiro atoms. The molecule has 0 N–H and O–H groups in total. The lowest BCUT2D eigenvalue weighted by atomic mass is 9.82. The van der Waals surface area contributed by atoms with Gasteiger partial charge in [-0.1, -0.05) is 12.1 Å². The van der Waals surface area contributed by atoms with Crippen LogP contribution in [0.1, 0.15) is 34.0 Å². The number of methoxy groups -OCH3 is 1. The predicted molar refractivity (Wildman–Crippen MR) is 102 cm³/mol. The molecule has 0 aliphatic heterocycles. The molecule has 0 saturated heterocycles. The molecule has 0 amide bonds. The quantitative estimate of drug-likeness (QED) is 0.550. The van der Waals surface area contributed by atoms with Crippen molar-refractivity contribution in [1.29, 1.82) is 0 Å². The molecule has 1 unspecified atom stereocenters. The third-order valence-corrected chi connectivity index (χ3v) is 5.14. The van der Waals surface area contributed by atoms with Crippen LogP contribution in [0.5, 0.6) is 5.75 Å². The first kappa shape index (κ1) is 16.6. The van der Waals surface area contributed by atoms with Gasteiger partial charge in [-0.3, -0.25) is 9.78 Å². The van der Waals surface area contributed by atoms with E-state index in [1.165, 1.54) is 0 Å². The predicted octanol–water partition coefficient (Wildman–Crippen LogP) is 3.11. The van der Waals surface area contributed by atoms with Crippen molar-refractivity contribution in [2.24, 2.45) is 0 Å². The van der Waals surface area contributed by atoms with Gasteiger partial charge in [-0.25, -0.2) is 4.98 Å². The SMILES string of the molecule is COc1ccc(C2CC(=O)c3cnc4nc(-c5cccnc5)nn4c3C2)cc1. The van der Waals surface area contributed by atoms with Crippen molar-refractivity contribution in [2.45, 2.75) is 18.8 Å². The molecule has 0 saturated carbocycles. The fourth-order valence-corrected chi connectivity index (χ4v) is 3.68. The molecule has 0 bridgehead atoms. The van der Waals surface area contributed by atoms with Crippen LogP contribution in [-0.4, -0.2) is 37.5 Å². The fourth-order valence-electron chi connectivity index (χ4n) is 3.68. The number of Topliss-reactive ketones (excluding diaryl/α,β-unsaturated/α-hetero) is 1. The number of ether oxygens (including phenoxy) is 1. The summed E-state index contributed by atoms with van der Waals surface area (Å²) in [5.41, 5.74) is 3.40. The van der Waals surface area contributed by atoms with Gasteiger partial charge in [0.25, 0.3) is 5.78 Å². The van der Waals surface area contributed by atoms with Gasteiger partial charge in [0.05, 0.1) is 18.4 Å². The van der Waals surface area contributed by atoms with Gasteiger partial charge in [-0.05, 0) is 42.2 Å². The average molecular weight is 371 g/mol. The van der Waals surface area contributed by atoms with Crippen molar-refractivity contribution in [1.82, 2.24) is 24.6 Å². The number of aromatic nitrogens is 5. The minimum atomic E-state index is 0.0786. The van der Waals surface area contributed by atoms with E-state index >= 15 is 0 Å². The van der Waals surface area contributed by atoms with E-state index in [0.717, 1.165) is 22.6 Å². The van der Waals surface area contributed by atoms with Crippen molar-refractivity contribution in [3.8, 4) is 17.1 Å². The molecule has 1 atom stereocenters. The number of hydrogen-bond acceptors (Lipinski definition) is 6. The average Bonchev–Trinajstić information content (AvgIpc) is 3.19. The summed E-state index contributed by atoms with van der Waals surface area (Å²) in [5, 5.41) is 4.62. The molecule has 138 valence electrons. The van der Waals surface area contributed by atoms with Gasteiger partial charge in [0, 0.05) is 30.6 Å². The first-order valence-corrected chi connectivity index (χ1v) is 9.05. The molecule has 4 aromatic rings. The Labute approximate surface area is 161 Å². The van der Waals surface area contributed by atoms with Gasteiger partial charge >= 0.3 is 0 Å². The van der Waals surface area contributed by atoms with Crippen LogP contribution in [0, 0.1) is 0 Å². The van der Waals surface area contributed by atoms with E-state index in [-0.39, 0.29) is 11.7 Å². The van der Waals surface area contributed by atoms with Gasteiger partial charge in [-0.2, -0.15) is 9.50 Å². The number of nitrogens with zero attached hydrogens (tertiary/aromatic N) is 5. The lowest BCUT2D eigenvalue weighted by Crippen LogP contribution is -2.22. The highest BCUT2D eigenvalue weighted by molar-refractivity contribution is 5.98. The Morgan fingerprint density at radius 1 is 1.11 bits per heavy atom. The normalized spacial score (nSPS) is 16.2. The van der Waals surface area contributed by atoms with E-state index in [4.69, 9.17) is 4.74 Å². The first-order chi connectivity index (χ1) is 13.7. The van der Waals surface area contributed by atoms with Crippen molar-refractivity contribution in [3.63, 3.8) is 0 Å². The van der Waals surface area contributed by atoms with Crippen molar-refractivity contribution in [2.75, 3.05) is 7.11 Å². The van der Waals surface area contributed by atoms with Crippen LogP contribution < -0.4 is 4.74 Å². The number of hydrogen-bond donors (Lipinski definition) is 0. The highest BCUT2D eigenvalue weighted by atomic mass is 16.5. The van der Waals surface area contributed by atoms with Crippen LogP contribution in [0.2, 0.25) is 0 Å². The zero-order valence-corrected chi connectivity index (χ0v) is 15.2. The van der Waals surface area contributed by atoms with Crippen LogP contribution in [0.3, 0.4) is 0 Å². The molecule has 7 nitrogen and oxygen atoms in total. The number of rotatable bonds is 3. The Balaban J connectivity index is 1.58. The van der Waals surface area contributed by atoms with Gasteiger partial charge < -0.3 is 4.74 Å². The number of ketones is 1. The molecule has 28 heavy (non-hydrogen) atoms. The van der Waals surface area contributed by atoms with Crippen molar-refractivity contribution >= 4 is 11.6 Å². The number of benzene rings is 1. The molecule has 3 heterocycles. The topological polar surface area (TPSA) is 82.3 Å². The summed E-state index contributed by atoms with van der Waals surface area (Å²) in [7, 11) is 1.64. The van der Waals surface area contributed by atoms with Gasteiger partial charge in [0.2, 0.25) is 0 Å². The molecule has 1 aliphatic carbocycles. The highest BCUT2D eigenvalue weighted by Crippen LogP contribution is 2.33. The van der Waals surface area contributed by atoms with E-state index in [2.05, 4.69) is 20.1 Å².